The first-order valence-corrected chi connectivity index (χ1v) is 37.2. The molecule has 0 saturated carbocycles. The second kappa shape index (κ2) is 66.3. The molecule has 492 valence electrons. The van der Waals surface area contributed by atoms with Gasteiger partial charge in [0.05, 0.1) is 13.2 Å². The summed E-state index contributed by atoms with van der Waals surface area (Å²) in [6, 6.07) is 79.2. The number of hydrogen-bond donors (Lipinski definition) is 11. The molecule has 8 rings (SSSR count). The van der Waals surface area contributed by atoms with Crippen molar-refractivity contribution in [1.82, 2.24) is 0 Å². The number of nitrogens with one attached hydrogen (secondary N) is 9. The Kier molecular flexibility index (Phi) is 63.9. The van der Waals surface area contributed by atoms with Crippen LogP contribution >= 0.6 is 66.7 Å². The van der Waals surface area contributed by atoms with Gasteiger partial charge in [0, 0.05) is 84.4 Å². The molecule has 8 aromatic carbocycles. The molecule has 0 bridgehead atoms. The SMILES string of the molecule is C=N.C=NCCOC.CC(C)N.CC(C)N=[N+]=[N-].CCCOC.CO.S=C(Nc1ccccc1)Nc1ccccc1.S=C(Nc1ccccc1)Nc1ccccc1.S=C(Nc1ccccc1)Nc1ccccc1.S=C(Nc1ccccc1)Nc1ccccc1.[Cl][Sn][Cl]. The number of thiocarbonyl (C=S) groups is 4. The Morgan fingerprint density at radius 3 is 0.707 bits per heavy atom. The summed E-state index contributed by atoms with van der Waals surface area (Å²) < 4.78 is 9.34. The average Bonchev–Trinajstić information content (AvgIpc) is 3.44. The average molecular weight is 1470 g/mol. The van der Waals surface area contributed by atoms with E-state index in [1.165, 1.54) is 0 Å². The Balaban J connectivity index is -0.00000101. The van der Waals surface area contributed by atoms with Crippen LogP contribution in [0.4, 0.5) is 45.5 Å². The van der Waals surface area contributed by atoms with Gasteiger partial charge >= 0.3 is 36.7 Å². The van der Waals surface area contributed by atoms with Gasteiger partial charge in [-0.25, -0.2) is 0 Å². The van der Waals surface area contributed by atoms with Crippen molar-refractivity contribution in [2.24, 2.45) is 15.8 Å². The molecular weight excluding hydrogens is 1380 g/mol. The van der Waals surface area contributed by atoms with Crippen LogP contribution in [0.15, 0.2) is 253 Å². The molecule has 0 spiro atoms. The van der Waals surface area contributed by atoms with Crippen molar-refractivity contribution in [1.29, 1.82) is 5.41 Å². The zero-order chi connectivity index (χ0) is 69.1. The summed E-state index contributed by atoms with van der Waals surface area (Å²) in [6.45, 7) is 17.7. The van der Waals surface area contributed by atoms with Gasteiger partial charge < -0.3 is 68.3 Å². The molecule has 0 saturated heterocycles. The van der Waals surface area contributed by atoms with E-state index in [2.05, 4.69) is 82.6 Å². The van der Waals surface area contributed by atoms with E-state index >= 15 is 0 Å². The minimum atomic E-state index is -0.826. The molecule has 0 aromatic heterocycles. The molecule has 0 heterocycles. The third-order valence-electron chi connectivity index (χ3n) is 9.40. The summed E-state index contributed by atoms with van der Waals surface area (Å²) in [6.07, 6.45) is 1.12. The number of azide groups is 1. The quantitative estimate of drug-likeness (QED) is 0.00922. The molecule has 17 nitrogen and oxygen atoms in total. The van der Waals surface area contributed by atoms with E-state index in [0.29, 0.717) is 39.6 Å². The van der Waals surface area contributed by atoms with Crippen LogP contribution in [-0.4, -0.2) is 111 Å². The molecule has 0 aliphatic rings. The zero-order valence-electron chi connectivity index (χ0n) is 53.5. The molecule has 0 aliphatic heterocycles. The Bertz CT molecular complexity index is 2500. The molecule has 0 aliphatic carbocycles. The van der Waals surface area contributed by atoms with Crippen molar-refractivity contribution in [3.05, 3.63) is 253 Å². The number of nitrogens with two attached hydrogens (primary N) is 1. The molecular formula is C68H90Cl2N14O3S4Sn. The Morgan fingerprint density at radius 2 is 0.630 bits per heavy atom. The zero-order valence-corrected chi connectivity index (χ0v) is 61.1. The summed E-state index contributed by atoms with van der Waals surface area (Å²) in [5.74, 6) is 0. The number of aliphatic hydroxyl groups is 1. The monoisotopic (exact) mass is 1470 g/mol. The summed E-state index contributed by atoms with van der Waals surface area (Å²) in [7, 11) is 14.2. The van der Waals surface area contributed by atoms with Gasteiger partial charge in [-0.3, -0.25) is 4.99 Å². The third-order valence-corrected chi connectivity index (χ3v) is 10.2. The van der Waals surface area contributed by atoms with Gasteiger partial charge in [0.1, 0.15) is 0 Å². The predicted molar refractivity (Wildman–Crippen MR) is 418 cm³/mol. The summed E-state index contributed by atoms with van der Waals surface area (Å²) in [4.78, 5) is 6.11. The summed E-state index contributed by atoms with van der Waals surface area (Å²) in [5, 5.41) is 43.1. The molecule has 92 heavy (non-hydrogen) atoms. The second-order valence-corrected chi connectivity index (χ2v) is 23.7. The fourth-order valence-corrected chi connectivity index (χ4v) is 6.75. The number of hydrogen-bond acceptors (Lipinski definition) is 11. The number of halogens is 2. The molecule has 24 heteroatoms. The predicted octanol–water partition coefficient (Wildman–Crippen LogP) is 18.3. The normalized spacial score (nSPS) is 8.80. The Morgan fingerprint density at radius 1 is 0.467 bits per heavy atom. The van der Waals surface area contributed by atoms with Crippen molar-refractivity contribution in [2.45, 2.75) is 53.1 Å². The minimum absolute atomic E-state index is 0.106. The first-order valence-electron chi connectivity index (χ1n) is 28.3. The van der Waals surface area contributed by atoms with E-state index in [1.807, 2.05) is 270 Å². The second-order valence-electron chi connectivity index (χ2n) is 17.8. The van der Waals surface area contributed by atoms with Crippen LogP contribution in [0, 0.1) is 5.41 Å². The summed E-state index contributed by atoms with van der Waals surface area (Å²) in [5.41, 5.74) is 20.7. The number of benzene rings is 8. The van der Waals surface area contributed by atoms with Crippen molar-refractivity contribution in [3.63, 3.8) is 0 Å². The number of para-hydroxylation sites is 8. The first-order chi connectivity index (χ1) is 44.6. The van der Waals surface area contributed by atoms with E-state index < -0.39 is 18.9 Å². The van der Waals surface area contributed by atoms with Crippen molar-refractivity contribution in [2.75, 3.05) is 83.6 Å². The standard InChI is InChI=1S/4C13H12N2S.C4H9NO.C4H10O.C3H7N3.C3H9N.CH3N.CH4O.2ClH.Sn/c4*16-13(14-11-7-3-1-4-8-11)15-12-9-5-2-6-10-12;1-5-3-4-6-2;1-3-4-5-2;1-3(2)5-6-4;1-3(2)4;2*1-2;;;/h4*1-10H,(H2,14,15,16);1,3-4H2,2H3;3-4H2,1-2H3;3H,1-2H3;3H,4H2,1-2H3;2H,1H2;2H,1H3;2*1H;/q;;;;;;;;;;;;+2/p-2. The van der Waals surface area contributed by atoms with Crippen molar-refractivity contribution >= 4 is 165 Å². The van der Waals surface area contributed by atoms with Crippen LogP contribution in [0.2, 0.25) is 0 Å². The number of aliphatic imine (C=N–C) groups is 1. The molecule has 12 N–H and O–H groups in total. The topological polar surface area (TPSA) is 246 Å². The van der Waals surface area contributed by atoms with E-state index in [4.69, 9.17) is 93.2 Å². The Hall–Kier alpha value is -7.61. The maximum atomic E-state index is 7.70. The van der Waals surface area contributed by atoms with E-state index in [1.54, 1.807) is 14.2 Å². The van der Waals surface area contributed by atoms with Gasteiger partial charge in [0.15, 0.2) is 20.4 Å². The van der Waals surface area contributed by atoms with Gasteiger partial charge in [0.2, 0.25) is 0 Å². The van der Waals surface area contributed by atoms with E-state index in [-0.39, 0.29) is 6.04 Å². The van der Waals surface area contributed by atoms with Gasteiger partial charge in [-0.2, -0.15) is 0 Å². The van der Waals surface area contributed by atoms with Crippen LogP contribution < -0.4 is 48.3 Å². The van der Waals surface area contributed by atoms with Gasteiger partial charge in [0.25, 0.3) is 0 Å². The maximum absolute atomic E-state index is 7.70. The van der Waals surface area contributed by atoms with Crippen molar-refractivity contribution in [3.8, 4) is 0 Å². The fourth-order valence-electron chi connectivity index (χ4n) is 5.81. The fraction of sp³-hybridized carbons (Fsp3) is 0.206. The van der Waals surface area contributed by atoms with Crippen molar-refractivity contribution < 1.29 is 14.6 Å². The van der Waals surface area contributed by atoms with Gasteiger partial charge in [-0.05, 0) is 177 Å². The van der Waals surface area contributed by atoms with Crippen LogP contribution in [-0.2, 0) is 9.47 Å². The molecule has 0 amide bonds. The molecule has 2 radical (unpaired) electrons. The molecule has 0 atom stereocenters. The molecule has 8 aromatic rings. The number of aliphatic hydroxyl groups excluding tert-OH is 1. The van der Waals surface area contributed by atoms with E-state index in [9.17, 15) is 0 Å². The summed E-state index contributed by atoms with van der Waals surface area (Å²) >= 11 is 20.0. The van der Waals surface area contributed by atoms with Gasteiger partial charge in [-0.15, -0.1) is 0 Å². The number of ether oxygens (including phenoxy) is 2. The number of rotatable bonds is 14. The first kappa shape index (κ1) is 88.6. The van der Waals surface area contributed by atoms with Crippen LogP contribution in [0.5, 0.6) is 0 Å². The molecule has 0 unspecified atom stereocenters. The Labute approximate surface area is 585 Å². The van der Waals surface area contributed by atoms with Crippen LogP contribution in [0.1, 0.15) is 41.0 Å². The van der Waals surface area contributed by atoms with Gasteiger partial charge in [-0.1, -0.05) is 185 Å². The number of methoxy groups -OCH3 is 2. The number of anilines is 8. The third kappa shape index (κ3) is 58.7. The van der Waals surface area contributed by atoms with Crippen LogP contribution in [0.3, 0.4) is 0 Å². The molecule has 0 fully saturated rings. The van der Waals surface area contributed by atoms with E-state index in [0.717, 1.165) is 65.6 Å². The van der Waals surface area contributed by atoms with Crippen LogP contribution in [0.25, 0.3) is 10.4 Å². The number of nitrogens with zero attached hydrogens (tertiary/aromatic N) is 4.